The highest BCUT2D eigenvalue weighted by Crippen LogP contribution is 2.26. The number of halogens is 1. The van der Waals surface area contributed by atoms with E-state index in [2.05, 4.69) is 6.07 Å². The Labute approximate surface area is 98.5 Å². The van der Waals surface area contributed by atoms with Crippen LogP contribution in [0.15, 0.2) is 35.7 Å². The summed E-state index contributed by atoms with van der Waals surface area (Å²) in [4.78, 5) is 1.18. The summed E-state index contributed by atoms with van der Waals surface area (Å²) in [5, 5.41) is 2.83. The van der Waals surface area contributed by atoms with Crippen LogP contribution in [-0.4, -0.2) is 0 Å². The average Bonchev–Trinajstić information content (AvgIpc) is 2.74. The second kappa shape index (κ2) is 4.35. The summed E-state index contributed by atoms with van der Waals surface area (Å²) in [6, 6.07) is 9.97. The maximum atomic E-state index is 6.15. The van der Waals surface area contributed by atoms with Crippen molar-refractivity contribution in [2.24, 2.45) is 5.73 Å². The van der Waals surface area contributed by atoms with Crippen molar-refractivity contribution >= 4 is 22.9 Å². The molecule has 0 aliphatic heterocycles. The van der Waals surface area contributed by atoms with E-state index in [-0.39, 0.29) is 6.04 Å². The molecule has 0 radical (unpaired) electrons. The molecular weight excluding hydrogens is 226 g/mol. The fraction of sp³-hybridized carbons (Fsp3) is 0.167. The van der Waals surface area contributed by atoms with Crippen LogP contribution in [0.3, 0.4) is 0 Å². The Hall–Kier alpha value is -0.830. The fourth-order valence-electron chi connectivity index (χ4n) is 1.49. The van der Waals surface area contributed by atoms with E-state index >= 15 is 0 Å². The molecule has 15 heavy (non-hydrogen) atoms. The molecule has 0 unspecified atom stereocenters. The van der Waals surface area contributed by atoms with Gasteiger partial charge in [-0.15, -0.1) is 11.3 Å². The number of aryl methyl sites for hydroxylation is 1. The quantitative estimate of drug-likeness (QED) is 0.846. The van der Waals surface area contributed by atoms with Gasteiger partial charge in [0.05, 0.1) is 6.04 Å². The minimum atomic E-state index is -0.0408. The fourth-order valence-corrected chi connectivity index (χ4v) is 2.37. The van der Waals surface area contributed by atoms with Gasteiger partial charge >= 0.3 is 0 Å². The van der Waals surface area contributed by atoms with Gasteiger partial charge < -0.3 is 5.73 Å². The molecular formula is C12H12ClNS. The minimum absolute atomic E-state index is 0.0408. The Kier molecular flexibility index (Phi) is 3.10. The topological polar surface area (TPSA) is 26.0 Å². The van der Waals surface area contributed by atoms with E-state index in [4.69, 9.17) is 17.3 Å². The normalized spacial score (nSPS) is 12.7. The number of benzene rings is 1. The third kappa shape index (κ3) is 2.23. The Balaban J connectivity index is 2.34. The van der Waals surface area contributed by atoms with Crippen molar-refractivity contribution < 1.29 is 0 Å². The summed E-state index contributed by atoms with van der Waals surface area (Å²) in [6.07, 6.45) is 0. The molecule has 0 spiro atoms. The maximum Gasteiger partial charge on any atom is 0.0646 e. The van der Waals surface area contributed by atoms with Crippen LogP contribution in [0.1, 0.15) is 22.0 Å². The summed E-state index contributed by atoms with van der Waals surface area (Å²) < 4.78 is 0. The molecule has 0 saturated heterocycles. The van der Waals surface area contributed by atoms with E-state index < -0.39 is 0 Å². The van der Waals surface area contributed by atoms with Crippen LogP contribution in [0.25, 0.3) is 0 Å². The molecule has 2 aromatic rings. The first-order valence-corrected chi connectivity index (χ1v) is 5.99. The molecule has 0 amide bonds. The van der Waals surface area contributed by atoms with Crippen LogP contribution < -0.4 is 5.73 Å². The molecule has 3 heteroatoms. The molecule has 0 saturated carbocycles. The van der Waals surface area contributed by atoms with Gasteiger partial charge in [0, 0.05) is 9.90 Å². The lowest BCUT2D eigenvalue weighted by Crippen LogP contribution is -2.10. The van der Waals surface area contributed by atoms with Crippen molar-refractivity contribution in [3.63, 3.8) is 0 Å². The summed E-state index contributed by atoms with van der Waals surface area (Å²) in [7, 11) is 0. The second-order valence-electron chi connectivity index (χ2n) is 3.50. The van der Waals surface area contributed by atoms with Crippen LogP contribution >= 0.6 is 22.9 Å². The molecule has 1 heterocycles. The van der Waals surface area contributed by atoms with Gasteiger partial charge in [0.15, 0.2) is 0 Å². The largest absolute Gasteiger partial charge is 0.320 e. The van der Waals surface area contributed by atoms with Crippen molar-refractivity contribution in [3.8, 4) is 0 Å². The first kappa shape index (κ1) is 10.7. The Morgan fingerprint density at radius 1 is 1.33 bits per heavy atom. The highest BCUT2D eigenvalue weighted by atomic mass is 35.5. The van der Waals surface area contributed by atoms with Gasteiger partial charge in [-0.05, 0) is 35.6 Å². The lowest BCUT2D eigenvalue weighted by Gasteiger charge is -2.11. The molecule has 2 N–H and O–H groups in total. The Morgan fingerprint density at radius 2 is 2.13 bits per heavy atom. The van der Waals surface area contributed by atoms with Crippen LogP contribution in [0, 0.1) is 6.92 Å². The van der Waals surface area contributed by atoms with Crippen molar-refractivity contribution in [2.75, 3.05) is 0 Å². The minimum Gasteiger partial charge on any atom is -0.320 e. The van der Waals surface area contributed by atoms with E-state index in [0.717, 1.165) is 16.1 Å². The zero-order chi connectivity index (χ0) is 10.8. The predicted octanol–water partition coefficient (Wildman–Crippen LogP) is 3.76. The Morgan fingerprint density at radius 3 is 2.73 bits per heavy atom. The Bertz CT molecular complexity index is 451. The summed E-state index contributed by atoms with van der Waals surface area (Å²) >= 11 is 7.65. The number of hydrogen-bond donors (Lipinski definition) is 1. The van der Waals surface area contributed by atoms with Crippen LogP contribution in [-0.2, 0) is 0 Å². The smallest absolute Gasteiger partial charge is 0.0646 e. The van der Waals surface area contributed by atoms with E-state index in [1.165, 1.54) is 4.88 Å². The van der Waals surface area contributed by atoms with E-state index in [1.54, 1.807) is 11.3 Å². The molecule has 78 valence electrons. The molecule has 1 aromatic carbocycles. The lowest BCUT2D eigenvalue weighted by atomic mass is 10.0. The number of thiophene rings is 1. The van der Waals surface area contributed by atoms with Gasteiger partial charge in [0.25, 0.3) is 0 Å². The third-order valence-corrected chi connectivity index (χ3v) is 3.77. The third-order valence-electron chi connectivity index (χ3n) is 2.39. The molecule has 0 aliphatic carbocycles. The van der Waals surface area contributed by atoms with Gasteiger partial charge in [-0.1, -0.05) is 29.8 Å². The van der Waals surface area contributed by atoms with E-state index in [0.29, 0.717) is 0 Å². The monoisotopic (exact) mass is 237 g/mol. The van der Waals surface area contributed by atoms with Gasteiger partial charge in [-0.2, -0.15) is 0 Å². The van der Waals surface area contributed by atoms with Crippen molar-refractivity contribution in [2.45, 2.75) is 13.0 Å². The van der Waals surface area contributed by atoms with Gasteiger partial charge in [-0.25, -0.2) is 0 Å². The molecule has 1 atom stereocenters. The highest BCUT2D eigenvalue weighted by Gasteiger charge is 2.10. The summed E-state index contributed by atoms with van der Waals surface area (Å²) in [5.41, 5.74) is 8.33. The van der Waals surface area contributed by atoms with Crippen molar-refractivity contribution in [3.05, 3.63) is 56.7 Å². The van der Waals surface area contributed by atoms with Crippen molar-refractivity contribution in [1.82, 2.24) is 0 Å². The molecule has 2 rings (SSSR count). The number of nitrogens with two attached hydrogens (primary N) is 1. The zero-order valence-electron chi connectivity index (χ0n) is 8.41. The summed E-state index contributed by atoms with van der Waals surface area (Å²) in [6.45, 7) is 1.99. The molecule has 1 aromatic heterocycles. The maximum absolute atomic E-state index is 6.15. The molecule has 1 nitrogen and oxygen atoms in total. The van der Waals surface area contributed by atoms with Gasteiger partial charge in [-0.3, -0.25) is 0 Å². The number of hydrogen-bond acceptors (Lipinski definition) is 2. The predicted molar refractivity (Wildman–Crippen MR) is 66.5 cm³/mol. The lowest BCUT2D eigenvalue weighted by molar-refractivity contribution is 0.891. The number of rotatable bonds is 2. The zero-order valence-corrected chi connectivity index (χ0v) is 9.98. The molecule has 0 aliphatic rings. The van der Waals surface area contributed by atoms with E-state index in [1.807, 2.05) is 36.6 Å². The van der Waals surface area contributed by atoms with Crippen LogP contribution in [0.2, 0.25) is 5.02 Å². The SMILES string of the molecule is Cc1cc([C@H](N)c2cccs2)ccc1Cl. The average molecular weight is 238 g/mol. The van der Waals surface area contributed by atoms with Crippen LogP contribution in [0.5, 0.6) is 0 Å². The van der Waals surface area contributed by atoms with Gasteiger partial charge in [0.1, 0.15) is 0 Å². The van der Waals surface area contributed by atoms with Crippen molar-refractivity contribution in [1.29, 1.82) is 0 Å². The first-order chi connectivity index (χ1) is 7.18. The molecule has 0 bridgehead atoms. The van der Waals surface area contributed by atoms with Crippen LogP contribution in [0.4, 0.5) is 0 Å². The molecule has 0 fully saturated rings. The second-order valence-corrected chi connectivity index (χ2v) is 4.89. The first-order valence-electron chi connectivity index (χ1n) is 4.73. The summed E-state index contributed by atoms with van der Waals surface area (Å²) in [5.74, 6) is 0. The van der Waals surface area contributed by atoms with Gasteiger partial charge in [0.2, 0.25) is 0 Å². The standard InChI is InChI=1S/C12H12ClNS/c1-8-7-9(4-5-10(8)13)12(14)11-3-2-6-15-11/h2-7,12H,14H2,1H3/t12-/m0/s1. The van der Waals surface area contributed by atoms with E-state index in [9.17, 15) is 0 Å². The highest BCUT2D eigenvalue weighted by molar-refractivity contribution is 7.10.